The van der Waals surface area contributed by atoms with Crippen molar-refractivity contribution in [3.63, 3.8) is 0 Å². The second kappa shape index (κ2) is 30.8. The number of carbonyl (C=O) groups excluding carboxylic acids is 4. The summed E-state index contributed by atoms with van der Waals surface area (Å²) in [5.41, 5.74) is 18.1. The lowest BCUT2D eigenvalue weighted by Crippen LogP contribution is -2.34. The quantitative estimate of drug-likeness (QED) is 0.0392. The van der Waals surface area contributed by atoms with Gasteiger partial charge in [0.15, 0.2) is 0 Å². The number of ether oxygens (including phenoxy) is 4. The predicted octanol–water partition coefficient (Wildman–Crippen LogP) is 18.3. The van der Waals surface area contributed by atoms with Gasteiger partial charge in [0, 0.05) is 57.1 Å². The first-order valence-electron chi connectivity index (χ1n) is 32.5. The monoisotopic (exact) mass is 1290 g/mol. The Hall–Kier alpha value is -10.8. The molecule has 12 nitrogen and oxygen atoms in total. The number of aryl methyl sites for hydroxylation is 4. The van der Waals surface area contributed by atoms with Gasteiger partial charge in [-0.1, -0.05) is 153 Å². The summed E-state index contributed by atoms with van der Waals surface area (Å²) >= 11 is 0. The van der Waals surface area contributed by atoms with Gasteiger partial charge in [-0.05, 0) is 206 Å². The normalized spacial score (nSPS) is 13.2. The Balaban J connectivity index is 0.00000511. The maximum absolute atomic E-state index is 14.5. The third-order valence-electron chi connectivity index (χ3n) is 18.0. The zero-order valence-corrected chi connectivity index (χ0v) is 55.6. The van der Waals surface area contributed by atoms with E-state index < -0.39 is 11.9 Å². The van der Waals surface area contributed by atoms with Crippen LogP contribution in [0, 0.1) is 27.7 Å². The fourth-order valence-corrected chi connectivity index (χ4v) is 13.2. The summed E-state index contributed by atoms with van der Waals surface area (Å²) in [6.45, 7) is 14.0. The van der Waals surface area contributed by atoms with E-state index in [1.54, 1.807) is 18.7 Å². The first kappa shape index (κ1) is 69.1. The summed E-state index contributed by atoms with van der Waals surface area (Å²) < 4.78 is 25.5. The maximum Gasteiger partial charge on any atom is 0.340 e. The highest BCUT2D eigenvalue weighted by atomic mass is 19.0. The van der Waals surface area contributed by atoms with Crippen LogP contribution >= 0.6 is 0 Å². The Labute approximate surface area is 566 Å². The molecule has 2 radical (unpaired) electrons. The van der Waals surface area contributed by atoms with Gasteiger partial charge in [0.25, 0.3) is 5.91 Å². The molecule has 9 aromatic carbocycles. The average molecular weight is 1300 g/mol. The molecular weight excluding hydrogens is 1220 g/mol. The Morgan fingerprint density at radius 2 is 1.15 bits per heavy atom. The van der Waals surface area contributed by atoms with Crippen molar-refractivity contribution in [3.8, 4) is 16.9 Å². The molecule has 2 aliphatic heterocycles. The second-order valence-electron chi connectivity index (χ2n) is 24.5. The van der Waals surface area contributed by atoms with E-state index in [4.69, 9.17) is 31.9 Å². The number of rotatable bonds is 21. The van der Waals surface area contributed by atoms with Crippen molar-refractivity contribution in [1.82, 2.24) is 4.48 Å². The van der Waals surface area contributed by atoms with E-state index in [1.807, 2.05) is 143 Å². The molecule has 2 aliphatic rings. The van der Waals surface area contributed by atoms with Crippen molar-refractivity contribution in [1.29, 1.82) is 0 Å². The minimum Gasteiger partial charge on any atom is -0.457 e. The molecule has 1 amide bonds. The van der Waals surface area contributed by atoms with E-state index in [2.05, 4.69) is 103 Å². The highest BCUT2D eigenvalue weighted by Gasteiger charge is 2.34. The Kier molecular flexibility index (Phi) is 21.9. The highest BCUT2D eigenvalue weighted by Crippen LogP contribution is 2.44. The number of halogens is 2. The zero-order valence-electron chi connectivity index (χ0n) is 55.6. The van der Waals surface area contributed by atoms with Crippen LogP contribution in [-0.4, -0.2) is 48.7 Å². The van der Waals surface area contributed by atoms with Crippen LogP contribution in [0.25, 0.3) is 27.5 Å². The van der Waals surface area contributed by atoms with E-state index in [9.17, 15) is 19.2 Å². The number of anilines is 4. The number of unbranched alkanes of at least 4 members (excludes halogenated alkanes) is 1. The minimum atomic E-state index is -0.528. The lowest BCUT2D eigenvalue weighted by Gasteiger charge is -2.27. The largest absolute Gasteiger partial charge is 0.457 e. The molecule has 0 atom stereocenters. The van der Waals surface area contributed by atoms with Crippen LogP contribution in [0.2, 0.25) is 0 Å². The highest BCUT2D eigenvalue weighted by molar-refractivity contribution is 6.23. The topological polar surface area (TPSA) is 129 Å². The van der Waals surface area contributed by atoms with Gasteiger partial charge in [-0.3, -0.25) is 28.9 Å². The number of amides is 1. The first-order chi connectivity index (χ1) is 46.1. The van der Waals surface area contributed by atoms with Crippen molar-refractivity contribution in [2.45, 2.75) is 107 Å². The molecular formula is C82H77BF2N4O8. The summed E-state index contributed by atoms with van der Waals surface area (Å²) in [6, 6.07) is 68.4. The van der Waals surface area contributed by atoms with Gasteiger partial charge in [-0.25, -0.2) is 9.59 Å². The minimum absolute atomic E-state index is 0. The van der Waals surface area contributed by atoms with E-state index in [0.29, 0.717) is 81.4 Å². The maximum atomic E-state index is 14.5. The van der Waals surface area contributed by atoms with Crippen molar-refractivity contribution in [3.05, 3.63) is 296 Å². The zero-order chi connectivity index (χ0) is 66.3. The van der Waals surface area contributed by atoms with Gasteiger partial charge in [-0.15, -0.1) is 0 Å². The van der Waals surface area contributed by atoms with Crippen LogP contribution < -0.4 is 14.5 Å². The Bertz CT molecular complexity index is 4620. The first-order valence-corrected chi connectivity index (χ1v) is 32.5. The third kappa shape index (κ3) is 14.7. The summed E-state index contributed by atoms with van der Waals surface area (Å²) in [4.78, 5) is 65.2. The Morgan fingerprint density at radius 3 is 1.77 bits per heavy atom. The number of aromatic nitrogens is 1. The van der Waals surface area contributed by atoms with Crippen LogP contribution in [0.4, 0.5) is 32.2 Å². The molecule has 3 heterocycles. The number of benzene rings is 9. The van der Waals surface area contributed by atoms with Crippen molar-refractivity contribution in [2.24, 2.45) is 4.99 Å². The Morgan fingerprint density at radius 1 is 0.598 bits per heavy atom. The van der Waals surface area contributed by atoms with E-state index in [1.165, 1.54) is 10.0 Å². The molecule has 490 valence electrons. The number of hydrogen-bond donors (Lipinski definition) is 0. The molecule has 0 N–H and O–H groups in total. The van der Waals surface area contributed by atoms with Crippen molar-refractivity contribution < 1.29 is 47.5 Å². The lowest BCUT2D eigenvalue weighted by atomic mass is 9.88. The van der Waals surface area contributed by atoms with Gasteiger partial charge in [0.05, 0.1) is 29.2 Å². The molecule has 0 bridgehead atoms. The molecule has 12 rings (SSSR count). The van der Waals surface area contributed by atoms with Crippen LogP contribution in [-0.2, 0) is 56.5 Å². The van der Waals surface area contributed by atoms with Gasteiger partial charge < -0.3 is 28.3 Å². The number of nitrogens with zero attached hydrogens (tertiary/aromatic N) is 4. The average Bonchev–Trinajstić information content (AvgIpc) is 1.67. The summed E-state index contributed by atoms with van der Waals surface area (Å²) in [5.74, 6) is -1.12. The molecule has 10 aromatic rings. The molecule has 97 heavy (non-hydrogen) atoms. The molecule has 0 fully saturated rings. The lowest BCUT2D eigenvalue weighted by molar-refractivity contribution is -0.139. The number of hydrogen-bond acceptors (Lipinski definition) is 10. The number of allylic oxidation sites excluding steroid dienone is 1. The predicted molar refractivity (Wildman–Crippen MR) is 384 cm³/mol. The molecule has 0 saturated heterocycles. The summed E-state index contributed by atoms with van der Waals surface area (Å²) in [5, 5.41) is 1.90. The standard InChI is InChI=1S/C82H75BN4O8.2FH/c1-8-9-21-58-32-38-64(39-33-58)85-51-92-50-63-27-20-30-70-69(44-45-71(76(63)70)80(85)89)62-36-42-67(43-37-62)86(65-28-17-12-18-29-65)66-40-34-59(35-41-66)26-19-31-72(88)95-68-46-52(2)73(53(3)47-68)77(78-54(4)74(56(6)84-78)81(90)93-48-60-22-13-10-14-23-60)79-55(5)75(57(7)87(79)83)82(91)94-49-61-24-15-11-16-25-61;;/h10-18,20,22-25,27-30,32-47H,8-9,19,21,26,31,48-51H2,1-7H3;2*1H/b78-77-;;. The fraction of sp³-hybridized carbons (Fsp3) is 0.207. The van der Waals surface area contributed by atoms with Crippen LogP contribution in [0.15, 0.2) is 228 Å². The van der Waals surface area contributed by atoms with Crippen LogP contribution in [0.1, 0.15) is 129 Å². The van der Waals surface area contributed by atoms with Crippen molar-refractivity contribution in [2.75, 3.05) is 16.5 Å². The number of esters is 3. The van der Waals surface area contributed by atoms with Crippen molar-refractivity contribution >= 4 is 76.6 Å². The molecule has 1 aromatic heterocycles. The summed E-state index contributed by atoms with van der Waals surface area (Å²) in [7, 11) is 7.01. The van der Waals surface area contributed by atoms with Crippen LogP contribution in [0.5, 0.6) is 5.75 Å². The number of aliphatic imine (C=N–C) groups is 1. The third-order valence-corrected chi connectivity index (χ3v) is 18.0. The van der Waals surface area contributed by atoms with Gasteiger partial charge in [-0.2, -0.15) is 0 Å². The molecule has 0 unspecified atom stereocenters. The SMILES string of the molecule is F.F.[B]n1c(C)c(C(=O)OCc2ccccc2)c(C)c1/C(=C1\N=C(C)C(C(=O)OCc2ccccc2)=C1C)c1c(C)cc(OC(=O)CCCc2ccc(N(c3ccccc3)c3ccc(-c4ccc5c6c(cccc46)COCN(c4ccc(CCCC)cc4)C5=O)cc3)cc2)cc1C. The number of para-hydroxylation sites is 1. The van der Waals surface area contributed by atoms with E-state index in [0.717, 1.165) is 103 Å². The number of carbonyl (C=O) groups is 4. The fourth-order valence-electron chi connectivity index (χ4n) is 13.2. The molecule has 0 spiro atoms. The van der Waals surface area contributed by atoms with Gasteiger partial charge in [0.1, 0.15) is 25.7 Å². The van der Waals surface area contributed by atoms with E-state index in [-0.39, 0.29) is 47.7 Å². The molecule has 15 heteroatoms. The molecule has 0 aliphatic carbocycles. The summed E-state index contributed by atoms with van der Waals surface area (Å²) in [6.07, 6.45) is 4.64. The van der Waals surface area contributed by atoms with Crippen LogP contribution in [0.3, 0.4) is 0 Å². The van der Waals surface area contributed by atoms with Gasteiger partial charge >= 0.3 is 17.9 Å². The van der Waals surface area contributed by atoms with E-state index >= 15 is 0 Å². The van der Waals surface area contributed by atoms with Gasteiger partial charge in [0.2, 0.25) is 7.98 Å². The second-order valence-corrected chi connectivity index (χ2v) is 24.5. The molecule has 0 saturated carbocycles. The smallest absolute Gasteiger partial charge is 0.340 e.